The summed E-state index contributed by atoms with van der Waals surface area (Å²) in [6, 6.07) is 10.3. The number of aryl methyl sites for hydroxylation is 2. The van der Waals surface area contributed by atoms with E-state index in [1.807, 2.05) is 48.7 Å². The molecule has 3 aromatic rings. The molecule has 2 aliphatic rings. The van der Waals surface area contributed by atoms with Gasteiger partial charge in [-0.3, -0.25) is 14.4 Å². The minimum atomic E-state index is 0.108. The number of carbonyl (C=O) groups is 1. The molecule has 0 N–H and O–H groups in total. The molecule has 3 heterocycles. The van der Waals surface area contributed by atoms with E-state index in [2.05, 4.69) is 22.1 Å². The number of pyridine rings is 1. The van der Waals surface area contributed by atoms with Crippen molar-refractivity contribution in [2.24, 2.45) is 7.05 Å². The fourth-order valence-electron chi connectivity index (χ4n) is 4.62. The summed E-state index contributed by atoms with van der Waals surface area (Å²) in [5.41, 5.74) is 4.77. The van der Waals surface area contributed by atoms with Crippen molar-refractivity contribution in [1.29, 1.82) is 0 Å². The maximum atomic E-state index is 13.6. The van der Waals surface area contributed by atoms with Gasteiger partial charge >= 0.3 is 0 Å². The third-order valence-corrected chi connectivity index (χ3v) is 6.51. The van der Waals surface area contributed by atoms with Crippen molar-refractivity contribution in [2.45, 2.75) is 39.2 Å². The van der Waals surface area contributed by atoms with E-state index in [9.17, 15) is 4.79 Å². The molecule has 2 aromatic heterocycles. The van der Waals surface area contributed by atoms with E-state index >= 15 is 0 Å². The van der Waals surface area contributed by atoms with Crippen molar-refractivity contribution in [1.82, 2.24) is 24.6 Å². The first-order valence-corrected chi connectivity index (χ1v) is 11.6. The van der Waals surface area contributed by atoms with Crippen LogP contribution in [-0.4, -0.2) is 63.3 Å². The minimum absolute atomic E-state index is 0.108. The lowest BCUT2D eigenvalue weighted by Crippen LogP contribution is -2.48. The molecule has 1 aliphatic heterocycles. The number of hydrogen-bond donors (Lipinski definition) is 0. The fourth-order valence-corrected chi connectivity index (χ4v) is 4.62. The van der Waals surface area contributed by atoms with Crippen molar-refractivity contribution in [3.05, 3.63) is 52.8 Å². The van der Waals surface area contributed by atoms with E-state index in [1.165, 1.54) is 5.56 Å². The molecule has 0 bridgehead atoms. The molecule has 168 valence electrons. The molecule has 0 unspecified atom stereocenters. The summed E-state index contributed by atoms with van der Waals surface area (Å²) < 4.78 is 7.34. The molecule has 32 heavy (non-hydrogen) atoms. The van der Waals surface area contributed by atoms with Crippen molar-refractivity contribution in [3.8, 4) is 5.75 Å². The number of ether oxygens (including phenoxy) is 1. The van der Waals surface area contributed by atoms with Crippen LogP contribution in [0, 0.1) is 6.92 Å². The zero-order valence-electron chi connectivity index (χ0n) is 19.2. The number of benzene rings is 1. The van der Waals surface area contributed by atoms with Gasteiger partial charge in [-0.2, -0.15) is 5.10 Å². The second kappa shape index (κ2) is 8.54. The van der Waals surface area contributed by atoms with Crippen LogP contribution in [-0.2, 0) is 13.6 Å². The SMILES string of the molecule is CCOc1ccc(CN2CCN(C(=O)c3cc(C4CC4)nc4c3c(C)nn4C)CC2)cc1. The Morgan fingerprint density at radius 3 is 2.50 bits per heavy atom. The van der Waals surface area contributed by atoms with Crippen LogP contribution in [0.3, 0.4) is 0 Å². The normalized spacial score (nSPS) is 17.2. The monoisotopic (exact) mass is 433 g/mol. The molecule has 1 amide bonds. The molecule has 1 aliphatic carbocycles. The van der Waals surface area contributed by atoms with Crippen LogP contribution in [0.1, 0.15) is 53.0 Å². The standard InChI is InChI=1S/C25H31N5O2/c1-4-32-20-9-5-18(6-10-20)16-29-11-13-30(14-12-29)25(31)21-15-22(19-7-8-19)26-24-23(21)17(2)27-28(24)3/h5-6,9-10,15,19H,4,7-8,11-14,16H2,1-3H3. The maximum Gasteiger partial charge on any atom is 0.254 e. The third kappa shape index (κ3) is 4.09. The summed E-state index contributed by atoms with van der Waals surface area (Å²) in [4.78, 5) is 22.8. The van der Waals surface area contributed by atoms with E-state index in [0.717, 1.165) is 79.3 Å². The molecule has 2 fully saturated rings. The van der Waals surface area contributed by atoms with Gasteiger partial charge in [-0.1, -0.05) is 12.1 Å². The molecule has 1 saturated carbocycles. The van der Waals surface area contributed by atoms with Crippen molar-refractivity contribution < 1.29 is 9.53 Å². The van der Waals surface area contributed by atoms with Crippen LogP contribution in [0.15, 0.2) is 30.3 Å². The van der Waals surface area contributed by atoms with Gasteiger partial charge in [0.1, 0.15) is 5.75 Å². The maximum absolute atomic E-state index is 13.6. The van der Waals surface area contributed by atoms with Crippen LogP contribution in [0.5, 0.6) is 5.75 Å². The van der Waals surface area contributed by atoms with Gasteiger partial charge in [0.2, 0.25) is 0 Å². The van der Waals surface area contributed by atoms with Crippen LogP contribution in [0.4, 0.5) is 0 Å². The number of amides is 1. The van der Waals surface area contributed by atoms with Gasteiger partial charge in [0, 0.05) is 51.4 Å². The van der Waals surface area contributed by atoms with Gasteiger partial charge in [0.15, 0.2) is 5.65 Å². The zero-order chi connectivity index (χ0) is 22.2. The highest BCUT2D eigenvalue weighted by Gasteiger charge is 2.30. The molecule has 7 heteroatoms. The van der Waals surface area contributed by atoms with Gasteiger partial charge in [0.05, 0.1) is 23.3 Å². The lowest BCUT2D eigenvalue weighted by molar-refractivity contribution is 0.0630. The molecule has 0 spiro atoms. The molecular formula is C25H31N5O2. The summed E-state index contributed by atoms with van der Waals surface area (Å²) in [6.07, 6.45) is 2.32. The van der Waals surface area contributed by atoms with E-state index < -0.39 is 0 Å². The van der Waals surface area contributed by atoms with Crippen LogP contribution < -0.4 is 4.74 Å². The summed E-state index contributed by atoms with van der Waals surface area (Å²) in [6.45, 7) is 8.74. The Bertz CT molecular complexity index is 1130. The first-order valence-electron chi connectivity index (χ1n) is 11.6. The molecule has 5 rings (SSSR count). The highest BCUT2D eigenvalue weighted by molar-refractivity contribution is 6.06. The molecule has 1 saturated heterocycles. The number of nitrogens with zero attached hydrogens (tertiary/aromatic N) is 5. The smallest absolute Gasteiger partial charge is 0.254 e. The van der Waals surface area contributed by atoms with E-state index in [0.29, 0.717) is 12.5 Å². The van der Waals surface area contributed by atoms with Gasteiger partial charge in [-0.15, -0.1) is 0 Å². The largest absolute Gasteiger partial charge is 0.494 e. The summed E-state index contributed by atoms with van der Waals surface area (Å²) in [5, 5.41) is 5.44. The van der Waals surface area contributed by atoms with Crippen LogP contribution >= 0.6 is 0 Å². The van der Waals surface area contributed by atoms with E-state index in [4.69, 9.17) is 9.72 Å². The Kier molecular flexibility index (Phi) is 5.59. The Morgan fingerprint density at radius 2 is 1.84 bits per heavy atom. The molecule has 1 aromatic carbocycles. The van der Waals surface area contributed by atoms with E-state index in [-0.39, 0.29) is 5.91 Å². The van der Waals surface area contributed by atoms with Crippen LogP contribution in [0.25, 0.3) is 11.0 Å². The van der Waals surface area contributed by atoms with Crippen molar-refractivity contribution >= 4 is 16.9 Å². The molecule has 0 atom stereocenters. The number of aromatic nitrogens is 3. The lowest BCUT2D eigenvalue weighted by Gasteiger charge is -2.35. The second-order valence-electron chi connectivity index (χ2n) is 8.92. The van der Waals surface area contributed by atoms with Gasteiger partial charge < -0.3 is 9.64 Å². The third-order valence-electron chi connectivity index (χ3n) is 6.51. The predicted molar refractivity (Wildman–Crippen MR) is 124 cm³/mol. The average molecular weight is 434 g/mol. The van der Waals surface area contributed by atoms with Crippen molar-refractivity contribution in [2.75, 3.05) is 32.8 Å². The molecule has 0 radical (unpaired) electrons. The molecule has 7 nitrogen and oxygen atoms in total. The summed E-state index contributed by atoms with van der Waals surface area (Å²) in [5.74, 6) is 1.51. The quantitative estimate of drug-likeness (QED) is 0.595. The Hall–Kier alpha value is -2.93. The van der Waals surface area contributed by atoms with Gasteiger partial charge in [-0.05, 0) is 50.5 Å². The topological polar surface area (TPSA) is 63.5 Å². The second-order valence-corrected chi connectivity index (χ2v) is 8.92. The van der Waals surface area contributed by atoms with Gasteiger partial charge in [0.25, 0.3) is 5.91 Å². The highest BCUT2D eigenvalue weighted by atomic mass is 16.5. The molecular weight excluding hydrogens is 402 g/mol. The number of hydrogen-bond acceptors (Lipinski definition) is 5. The number of piperazine rings is 1. The predicted octanol–water partition coefficient (Wildman–Crippen LogP) is 3.51. The van der Waals surface area contributed by atoms with Crippen molar-refractivity contribution in [3.63, 3.8) is 0 Å². The average Bonchev–Trinajstić information content (AvgIpc) is 3.61. The Labute approximate surface area is 189 Å². The Balaban J connectivity index is 1.29. The number of fused-ring (bicyclic) bond motifs is 1. The highest BCUT2D eigenvalue weighted by Crippen LogP contribution is 2.40. The zero-order valence-corrected chi connectivity index (χ0v) is 19.2. The summed E-state index contributed by atoms with van der Waals surface area (Å²) >= 11 is 0. The fraction of sp³-hybridized carbons (Fsp3) is 0.480. The number of rotatable bonds is 6. The minimum Gasteiger partial charge on any atom is -0.494 e. The van der Waals surface area contributed by atoms with Crippen LogP contribution in [0.2, 0.25) is 0 Å². The Morgan fingerprint density at radius 1 is 1.12 bits per heavy atom. The lowest BCUT2D eigenvalue weighted by atomic mass is 10.1. The first-order chi connectivity index (χ1) is 15.5. The summed E-state index contributed by atoms with van der Waals surface area (Å²) in [7, 11) is 1.91. The van der Waals surface area contributed by atoms with Gasteiger partial charge in [-0.25, -0.2) is 4.98 Å². The number of carbonyl (C=O) groups excluding carboxylic acids is 1. The first kappa shape index (κ1) is 20.9. The van der Waals surface area contributed by atoms with E-state index in [1.54, 1.807) is 0 Å².